The van der Waals surface area contributed by atoms with Gasteiger partial charge in [-0.15, -0.1) is 0 Å². The Labute approximate surface area is 231 Å². The van der Waals surface area contributed by atoms with Crippen LogP contribution in [0.2, 0.25) is 5.02 Å². The molecule has 38 heavy (non-hydrogen) atoms. The van der Waals surface area contributed by atoms with Crippen LogP contribution >= 0.6 is 11.6 Å². The van der Waals surface area contributed by atoms with E-state index < -0.39 is 12.1 Å². The molecule has 0 aromatic heterocycles. The van der Waals surface area contributed by atoms with Crippen molar-refractivity contribution in [1.82, 2.24) is 10.2 Å². The lowest BCUT2D eigenvalue weighted by atomic mass is 9.51. The van der Waals surface area contributed by atoms with E-state index in [1.807, 2.05) is 4.90 Å². The van der Waals surface area contributed by atoms with E-state index in [-0.39, 0.29) is 30.2 Å². The number of carbonyl (C=O) groups is 3. The van der Waals surface area contributed by atoms with Gasteiger partial charge in [-0.05, 0) is 112 Å². The van der Waals surface area contributed by atoms with E-state index in [0.717, 1.165) is 37.5 Å². The van der Waals surface area contributed by atoms with Crippen LogP contribution in [0.4, 0.5) is 10.5 Å². The molecule has 7 heteroatoms. The first-order chi connectivity index (χ1) is 18.4. The van der Waals surface area contributed by atoms with Crippen LogP contribution in [0.25, 0.3) is 0 Å². The largest absolute Gasteiger partial charge is 0.330 e. The van der Waals surface area contributed by atoms with Crippen LogP contribution in [0.3, 0.4) is 0 Å². The Morgan fingerprint density at radius 1 is 0.868 bits per heavy atom. The summed E-state index contributed by atoms with van der Waals surface area (Å²) in [6, 6.07) is 6.07. The third-order valence-electron chi connectivity index (χ3n) is 10.5. The summed E-state index contributed by atoms with van der Waals surface area (Å²) < 4.78 is 0. The minimum Gasteiger partial charge on any atom is -0.330 e. The first-order valence-corrected chi connectivity index (χ1v) is 15.5. The molecule has 2 N–H and O–H groups in total. The summed E-state index contributed by atoms with van der Waals surface area (Å²) >= 11 is 6.07. The number of rotatable bonds is 6. The van der Waals surface area contributed by atoms with Gasteiger partial charge < -0.3 is 15.5 Å². The number of hydrogen-bond donors (Lipinski definition) is 2. The summed E-state index contributed by atoms with van der Waals surface area (Å²) in [5.41, 5.74) is 0.588. The molecule has 2 unspecified atom stereocenters. The highest BCUT2D eigenvalue weighted by Crippen LogP contribution is 2.56. The van der Waals surface area contributed by atoms with E-state index >= 15 is 0 Å². The molecule has 5 saturated carbocycles. The number of halogens is 1. The second-order valence-electron chi connectivity index (χ2n) is 12.9. The van der Waals surface area contributed by atoms with Gasteiger partial charge in [-0.25, -0.2) is 4.79 Å². The van der Waals surface area contributed by atoms with Crippen molar-refractivity contribution < 1.29 is 14.4 Å². The average molecular weight is 540 g/mol. The van der Waals surface area contributed by atoms with Crippen LogP contribution in [0.1, 0.15) is 83.5 Å². The van der Waals surface area contributed by atoms with Crippen molar-refractivity contribution >= 4 is 35.0 Å². The molecule has 7 rings (SSSR count). The van der Waals surface area contributed by atoms with Gasteiger partial charge >= 0.3 is 6.03 Å². The molecule has 1 aromatic carbocycles. The fourth-order valence-electron chi connectivity index (χ4n) is 9.13. The Kier molecular flexibility index (Phi) is 7.70. The summed E-state index contributed by atoms with van der Waals surface area (Å²) in [6.45, 7) is 0.223. The zero-order chi connectivity index (χ0) is 26.2. The van der Waals surface area contributed by atoms with E-state index in [2.05, 4.69) is 10.6 Å². The molecule has 2 atom stereocenters. The van der Waals surface area contributed by atoms with Crippen LogP contribution in [0.15, 0.2) is 24.3 Å². The van der Waals surface area contributed by atoms with E-state index in [4.69, 9.17) is 11.6 Å². The lowest BCUT2D eigenvalue weighted by Gasteiger charge is -2.54. The van der Waals surface area contributed by atoms with Crippen molar-refractivity contribution in [3.05, 3.63) is 29.3 Å². The van der Waals surface area contributed by atoms with Crippen LogP contribution < -0.4 is 10.6 Å². The lowest BCUT2D eigenvalue weighted by Crippen LogP contribution is -2.56. The summed E-state index contributed by atoms with van der Waals surface area (Å²) in [7, 11) is 0. The highest BCUT2D eigenvalue weighted by Gasteiger charge is 2.51. The molecule has 5 aliphatic carbocycles. The van der Waals surface area contributed by atoms with Gasteiger partial charge in [0.1, 0.15) is 6.04 Å². The third-order valence-corrected chi connectivity index (χ3v) is 10.7. The topological polar surface area (TPSA) is 78.5 Å². The van der Waals surface area contributed by atoms with E-state index in [1.54, 1.807) is 24.3 Å². The minimum absolute atomic E-state index is 0.0727. The number of anilines is 1. The molecule has 206 valence electrons. The molecular formula is C31H42ClN3O3. The molecule has 0 radical (unpaired) electrons. The molecule has 0 spiro atoms. The first kappa shape index (κ1) is 26.2. The van der Waals surface area contributed by atoms with Gasteiger partial charge in [0.05, 0.1) is 6.54 Å². The van der Waals surface area contributed by atoms with Gasteiger partial charge in [-0.1, -0.05) is 36.9 Å². The predicted octanol–water partition coefficient (Wildman–Crippen LogP) is 6.43. The number of nitrogens with one attached hydrogen (secondary N) is 2. The maximum absolute atomic E-state index is 14.1. The number of likely N-dealkylation sites (tertiary alicyclic amines) is 1. The molecule has 3 amide bonds. The van der Waals surface area contributed by atoms with Crippen LogP contribution in [-0.4, -0.2) is 41.2 Å². The van der Waals surface area contributed by atoms with Gasteiger partial charge in [-0.3, -0.25) is 9.59 Å². The summed E-state index contributed by atoms with van der Waals surface area (Å²) in [5, 5.41) is 6.29. The second-order valence-corrected chi connectivity index (χ2v) is 13.4. The molecule has 4 bridgehead atoms. The number of nitrogens with zero attached hydrogens (tertiary/aromatic N) is 1. The van der Waals surface area contributed by atoms with Gasteiger partial charge in [0.15, 0.2) is 5.78 Å². The molecule has 6 nitrogen and oxygen atoms in total. The van der Waals surface area contributed by atoms with Gasteiger partial charge in [0, 0.05) is 22.7 Å². The molecule has 1 saturated heterocycles. The Balaban J connectivity index is 1.18. The van der Waals surface area contributed by atoms with Crippen molar-refractivity contribution in [2.24, 2.45) is 35.5 Å². The lowest BCUT2D eigenvalue weighted by molar-refractivity contribution is -0.146. The molecule has 6 aliphatic rings. The zero-order valence-corrected chi connectivity index (χ0v) is 23.1. The number of amides is 3. The summed E-state index contributed by atoms with van der Waals surface area (Å²) in [4.78, 5) is 42.9. The van der Waals surface area contributed by atoms with Crippen molar-refractivity contribution in [2.75, 3.05) is 11.9 Å². The third kappa shape index (κ3) is 5.48. The van der Waals surface area contributed by atoms with Crippen LogP contribution in [0.5, 0.6) is 0 Å². The number of ketones is 1. The van der Waals surface area contributed by atoms with E-state index in [1.165, 1.54) is 51.4 Å². The van der Waals surface area contributed by atoms with E-state index in [0.29, 0.717) is 34.9 Å². The monoisotopic (exact) mass is 539 g/mol. The maximum Gasteiger partial charge on any atom is 0.319 e. The quantitative estimate of drug-likeness (QED) is 0.437. The standard InChI is InChI=1S/C31H42ClN3O3/c32-24-8-4-9-25(17-24)33-31(38)34-26-10-5-11-27(21-6-2-1-3-7-21)35(30(26)37)18-28(36)29-22-13-19-12-20(15-22)16-23(29)14-19/h4,8-9,17,19-23,26-27,29H,1-3,5-7,10-16,18H2,(H2,33,34,38). The Bertz CT molecular complexity index is 1030. The number of hydrogen-bond acceptors (Lipinski definition) is 3. The highest BCUT2D eigenvalue weighted by molar-refractivity contribution is 6.30. The van der Waals surface area contributed by atoms with Crippen LogP contribution in [0, 0.1) is 35.5 Å². The van der Waals surface area contributed by atoms with Crippen LogP contribution in [-0.2, 0) is 9.59 Å². The molecule has 1 heterocycles. The fraction of sp³-hybridized carbons (Fsp3) is 0.710. The SMILES string of the molecule is O=C(Nc1cccc(Cl)c1)NC1CCCC(C2CCCCC2)N(CC(=O)C2C3CC4CC(C3)CC2C4)C1=O. The summed E-state index contributed by atoms with van der Waals surface area (Å²) in [6.07, 6.45) is 14.5. The minimum atomic E-state index is -0.617. The Morgan fingerprint density at radius 2 is 1.58 bits per heavy atom. The average Bonchev–Trinajstić information content (AvgIpc) is 3.03. The second kappa shape index (κ2) is 11.2. The fourth-order valence-corrected chi connectivity index (χ4v) is 9.32. The number of carbonyl (C=O) groups excluding carboxylic acids is 3. The van der Waals surface area contributed by atoms with Crippen molar-refractivity contribution in [2.45, 2.75) is 95.6 Å². The molecular weight excluding hydrogens is 498 g/mol. The normalized spacial score (nSPS) is 35.1. The van der Waals surface area contributed by atoms with E-state index in [9.17, 15) is 14.4 Å². The first-order valence-electron chi connectivity index (χ1n) is 15.1. The number of Topliss-reactive ketones (excluding diaryl/α,β-unsaturated/α-hetero) is 1. The smallest absolute Gasteiger partial charge is 0.319 e. The Hall–Kier alpha value is -2.08. The summed E-state index contributed by atoms with van der Waals surface area (Å²) in [5.74, 6) is 3.48. The number of urea groups is 1. The predicted molar refractivity (Wildman–Crippen MR) is 149 cm³/mol. The molecule has 1 aliphatic heterocycles. The number of benzene rings is 1. The van der Waals surface area contributed by atoms with Crippen molar-refractivity contribution in [1.29, 1.82) is 0 Å². The molecule has 1 aromatic rings. The van der Waals surface area contributed by atoms with Gasteiger partial charge in [0.2, 0.25) is 5.91 Å². The van der Waals surface area contributed by atoms with Gasteiger partial charge in [0.25, 0.3) is 0 Å². The highest BCUT2D eigenvalue weighted by atomic mass is 35.5. The Morgan fingerprint density at radius 3 is 2.26 bits per heavy atom. The molecule has 6 fully saturated rings. The van der Waals surface area contributed by atoms with Crippen molar-refractivity contribution in [3.63, 3.8) is 0 Å². The van der Waals surface area contributed by atoms with Crippen molar-refractivity contribution in [3.8, 4) is 0 Å². The zero-order valence-electron chi connectivity index (χ0n) is 22.4. The van der Waals surface area contributed by atoms with Gasteiger partial charge in [-0.2, -0.15) is 0 Å². The maximum atomic E-state index is 14.1.